The van der Waals surface area contributed by atoms with Crippen molar-refractivity contribution < 1.29 is 4.74 Å². The number of nitrogens with one attached hydrogen (secondary N) is 2. The van der Waals surface area contributed by atoms with Gasteiger partial charge >= 0.3 is 0 Å². The Morgan fingerprint density at radius 3 is 2.31 bits per heavy atom. The molecule has 162 valence electrons. The summed E-state index contributed by atoms with van der Waals surface area (Å²) in [6.45, 7) is 10.1. The van der Waals surface area contributed by atoms with E-state index in [1.165, 1.54) is 32.1 Å². The van der Waals surface area contributed by atoms with Gasteiger partial charge in [-0.1, -0.05) is 26.7 Å². The Bertz CT molecular complexity index is 655. The lowest BCUT2D eigenvalue weighted by Gasteiger charge is -2.36. The van der Waals surface area contributed by atoms with Gasteiger partial charge in [0.15, 0.2) is 5.11 Å². The monoisotopic (exact) mass is 420 g/mol. The van der Waals surface area contributed by atoms with Crippen molar-refractivity contribution in [1.82, 2.24) is 15.3 Å². The molecule has 2 aliphatic rings. The lowest BCUT2D eigenvalue weighted by Crippen LogP contribution is -2.39. The van der Waals surface area contributed by atoms with Crippen LogP contribution in [-0.2, 0) is 4.74 Å². The standard InChI is InChI=1S/C21H36N6OS/c1-16-12-17(2)15-27(14-16)19-13-18(26-9-6-4-5-7-10-26)23-20(24-19)25-21(29)22-8-11-28-3/h13,16-17H,4-12,14-15H2,1-3H3,(H2,22,23,24,25,29)/t16-,17+. The molecule has 1 aromatic rings. The molecule has 29 heavy (non-hydrogen) atoms. The van der Waals surface area contributed by atoms with E-state index in [2.05, 4.69) is 40.3 Å². The molecule has 0 aromatic carbocycles. The van der Waals surface area contributed by atoms with Crippen molar-refractivity contribution in [3.8, 4) is 0 Å². The fourth-order valence-electron chi connectivity index (χ4n) is 4.36. The summed E-state index contributed by atoms with van der Waals surface area (Å²) in [4.78, 5) is 14.5. The largest absolute Gasteiger partial charge is 0.383 e. The first-order valence-corrected chi connectivity index (χ1v) is 11.4. The van der Waals surface area contributed by atoms with Gasteiger partial charge in [-0.3, -0.25) is 0 Å². The van der Waals surface area contributed by atoms with Crippen molar-refractivity contribution in [2.45, 2.75) is 46.0 Å². The SMILES string of the molecule is COCCNC(=S)Nc1nc(N2CCCCCC2)cc(N2C[C@H](C)C[C@H](C)C2)n1. The van der Waals surface area contributed by atoms with Crippen molar-refractivity contribution in [2.75, 3.05) is 61.6 Å². The summed E-state index contributed by atoms with van der Waals surface area (Å²) < 4.78 is 5.08. The molecule has 2 fully saturated rings. The highest BCUT2D eigenvalue weighted by Gasteiger charge is 2.24. The average molecular weight is 421 g/mol. The van der Waals surface area contributed by atoms with Gasteiger partial charge in [0.1, 0.15) is 11.6 Å². The van der Waals surface area contributed by atoms with Crippen LogP contribution < -0.4 is 20.4 Å². The number of piperidine rings is 1. The smallest absolute Gasteiger partial charge is 0.232 e. The Labute approximate surface area is 180 Å². The lowest BCUT2D eigenvalue weighted by molar-refractivity contribution is 0.204. The molecule has 0 spiro atoms. The highest BCUT2D eigenvalue weighted by atomic mass is 32.1. The Morgan fingerprint density at radius 1 is 1.07 bits per heavy atom. The Balaban J connectivity index is 1.82. The number of methoxy groups -OCH3 is 1. The second-order valence-corrected chi connectivity index (χ2v) is 8.94. The molecule has 0 unspecified atom stereocenters. The predicted molar refractivity (Wildman–Crippen MR) is 124 cm³/mol. The van der Waals surface area contributed by atoms with Crippen LogP contribution in [0.5, 0.6) is 0 Å². The number of thiocarbonyl (C=S) groups is 1. The highest BCUT2D eigenvalue weighted by molar-refractivity contribution is 7.80. The second-order valence-electron chi connectivity index (χ2n) is 8.53. The summed E-state index contributed by atoms with van der Waals surface area (Å²) in [5.41, 5.74) is 0. The van der Waals surface area contributed by atoms with E-state index in [-0.39, 0.29) is 0 Å². The van der Waals surface area contributed by atoms with E-state index < -0.39 is 0 Å². The van der Waals surface area contributed by atoms with Gasteiger partial charge in [-0.05, 0) is 43.3 Å². The molecule has 8 heteroatoms. The van der Waals surface area contributed by atoms with Crippen molar-refractivity contribution >= 4 is 34.9 Å². The van der Waals surface area contributed by atoms with Crippen LogP contribution in [0.15, 0.2) is 6.07 Å². The summed E-state index contributed by atoms with van der Waals surface area (Å²) in [5, 5.41) is 6.86. The van der Waals surface area contributed by atoms with Crippen LogP contribution in [0.25, 0.3) is 0 Å². The molecule has 1 aromatic heterocycles. The molecule has 2 aliphatic heterocycles. The molecular formula is C21H36N6OS. The van der Waals surface area contributed by atoms with Crippen LogP contribution >= 0.6 is 12.2 Å². The molecule has 3 heterocycles. The van der Waals surface area contributed by atoms with Gasteiger partial charge in [0.05, 0.1) is 6.61 Å². The summed E-state index contributed by atoms with van der Waals surface area (Å²) in [5.74, 6) is 3.92. The predicted octanol–water partition coefficient (Wildman–Crippen LogP) is 3.27. The van der Waals surface area contributed by atoms with Crippen molar-refractivity contribution in [3.05, 3.63) is 6.07 Å². The normalized spacial score (nSPS) is 22.9. The molecule has 7 nitrogen and oxygen atoms in total. The van der Waals surface area contributed by atoms with E-state index in [0.717, 1.165) is 37.8 Å². The number of hydrogen-bond donors (Lipinski definition) is 2. The molecule has 2 atom stereocenters. The first-order chi connectivity index (χ1) is 14.0. The maximum atomic E-state index is 5.42. The topological polar surface area (TPSA) is 65.6 Å². The molecule has 0 bridgehead atoms. The summed E-state index contributed by atoms with van der Waals surface area (Å²) >= 11 is 5.42. The molecule has 3 rings (SSSR count). The van der Waals surface area contributed by atoms with Gasteiger partial charge in [0.25, 0.3) is 0 Å². The second kappa shape index (κ2) is 10.9. The van der Waals surface area contributed by atoms with E-state index in [9.17, 15) is 0 Å². The van der Waals surface area contributed by atoms with Crippen molar-refractivity contribution in [3.63, 3.8) is 0 Å². The first kappa shape index (κ1) is 22.0. The maximum Gasteiger partial charge on any atom is 0.232 e. The lowest BCUT2D eigenvalue weighted by atomic mass is 9.92. The minimum absolute atomic E-state index is 0.529. The fourth-order valence-corrected chi connectivity index (χ4v) is 4.56. The molecule has 0 radical (unpaired) electrons. The van der Waals surface area contributed by atoms with Gasteiger partial charge in [-0.2, -0.15) is 9.97 Å². The number of hydrogen-bond acceptors (Lipinski definition) is 6. The number of nitrogens with zero attached hydrogens (tertiary/aromatic N) is 4. The van der Waals surface area contributed by atoms with Crippen LogP contribution in [0.1, 0.15) is 46.0 Å². The van der Waals surface area contributed by atoms with Gasteiger partial charge in [0, 0.05) is 45.9 Å². The molecule has 0 saturated carbocycles. The van der Waals surface area contributed by atoms with E-state index in [1.807, 2.05) is 0 Å². The Morgan fingerprint density at radius 2 is 1.69 bits per heavy atom. The Hall–Kier alpha value is -1.67. The summed E-state index contributed by atoms with van der Waals surface area (Å²) in [7, 11) is 1.68. The quantitative estimate of drug-likeness (QED) is 0.537. The molecule has 2 N–H and O–H groups in total. The molecule has 0 aliphatic carbocycles. The zero-order valence-electron chi connectivity index (χ0n) is 18.1. The minimum atomic E-state index is 0.529. The van der Waals surface area contributed by atoms with E-state index >= 15 is 0 Å². The third-order valence-electron chi connectivity index (χ3n) is 5.64. The zero-order valence-corrected chi connectivity index (χ0v) is 18.9. The number of rotatable bonds is 6. The average Bonchev–Trinajstić information content (AvgIpc) is 2.97. The first-order valence-electron chi connectivity index (χ1n) is 11.0. The van der Waals surface area contributed by atoms with Crippen LogP contribution in [0.3, 0.4) is 0 Å². The fraction of sp³-hybridized carbons (Fsp3) is 0.762. The third kappa shape index (κ3) is 6.67. The maximum absolute atomic E-state index is 5.42. The van der Waals surface area contributed by atoms with Gasteiger partial charge in [0.2, 0.25) is 5.95 Å². The van der Waals surface area contributed by atoms with Crippen LogP contribution in [0.4, 0.5) is 17.6 Å². The van der Waals surface area contributed by atoms with E-state index in [4.69, 9.17) is 26.9 Å². The summed E-state index contributed by atoms with van der Waals surface area (Å²) in [6.07, 6.45) is 6.31. The molecule has 2 saturated heterocycles. The van der Waals surface area contributed by atoms with E-state index in [1.54, 1.807) is 7.11 Å². The minimum Gasteiger partial charge on any atom is -0.383 e. The zero-order chi connectivity index (χ0) is 20.6. The summed E-state index contributed by atoms with van der Waals surface area (Å²) in [6, 6.07) is 2.17. The van der Waals surface area contributed by atoms with Gasteiger partial charge < -0.3 is 25.2 Å². The van der Waals surface area contributed by atoms with Crippen molar-refractivity contribution in [1.29, 1.82) is 0 Å². The van der Waals surface area contributed by atoms with Crippen LogP contribution in [0.2, 0.25) is 0 Å². The third-order valence-corrected chi connectivity index (χ3v) is 5.89. The van der Waals surface area contributed by atoms with Gasteiger partial charge in [-0.25, -0.2) is 0 Å². The highest BCUT2D eigenvalue weighted by Crippen LogP contribution is 2.29. The Kier molecular flexibility index (Phi) is 8.29. The number of ether oxygens (including phenoxy) is 1. The van der Waals surface area contributed by atoms with Crippen LogP contribution in [0, 0.1) is 11.8 Å². The van der Waals surface area contributed by atoms with Gasteiger partial charge in [-0.15, -0.1) is 0 Å². The van der Waals surface area contributed by atoms with E-state index in [0.29, 0.717) is 36.0 Å². The van der Waals surface area contributed by atoms with Crippen molar-refractivity contribution in [2.24, 2.45) is 11.8 Å². The molecular weight excluding hydrogens is 384 g/mol. The number of aromatic nitrogens is 2. The molecule has 0 amide bonds. The number of anilines is 3. The van der Waals surface area contributed by atoms with Crippen LogP contribution in [-0.4, -0.2) is 61.5 Å².